The second kappa shape index (κ2) is 8.95. The molecule has 10 nitrogen and oxygen atoms in total. The number of anilines is 1. The van der Waals surface area contributed by atoms with E-state index in [2.05, 4.69) is 15.0 Å². The summed E-state index contributed by atoms with van der Waals surface area (Å²) >= 11 is 0. The highest BCUT2D eigenvalue weighted by Crippen LogP contribution is 2.38. The molecule has 0 spiro atoms. The average molecular weight is 455 g/mol. The van der Waals surface area contributed by atoms with Crippen LogP contribution in [0, 0.1) is 5.92 Å². The number of rotatable bonds is 5. The number of imidazole rings is 1. The number of aliphatic hydroxyl groups is 2. The lowest BCUT2D eigenvalue weighted by Gasteiger charge is -2.30. The minimum Gasteiger partial charge on any atom is -0.444 e. The van der Waals surface area contributed by atoms with Crippen molar-refractivity contribution >= 4 is 23.1 Å². The zero-order valence-electron chi connectivity index (χ0n) is 19.0. The Morgan fingerprint density at radius 3 is 2.64 bits per heavy atom. The molecular formula is C23H30N6O4. The molecule has 4 N–H and O–H groups in total. The molecule has 1 aliphatic rings. The van der Waals surface area contributed by atoms with Gasteiger partial charge in [0, 0.05) is 19.0 Å². The minimum absolute atomic E-state index is 0.224. The molecule has 0 saturated heterocycles. The molecule has 2 aromatic heterocycles. The first-order chi connectivity index (χ1) is 15.6. The maximum absolute atomic E-state index is 13.0. The van der Waals surface area contributed by atoms with Crippen molar-refractivity contribution in [3.63, 3.8) is 0 Å². The number of aromatic nitrogens is 4. The molecule has 1 aliphatic carbocycles. The predicted molar refractivity (Wildman–Crippen MR) is 122 cm³/mol. The Bertz CT molecular complexity index is 1110. The SMILES string of the molecule is CC(C)(C)OC(=O)N(Cc1ccccc1)C[C@@H]1C[C@H](O)[C@@H](n2cnc3c(N)ncnc32)[C@@H]1O. The summed E-state index contributed by atoms with van der Waals surface area (Å²) in [5, 5.41) is 22.0. The standard InChI is InChI=1S/C23H30N6O4/c1-23(2,3)33-22(32)28(10-14-7-5-4-6-8-14)11-15-9-16(30)18(19(15)31)29-13-27-17-20(24)25-12-26-21(17)29/h4-8,12-13,15-16,18-19,30-31H,9-11H2,1-3H3,(H2,24,25,26)/t15-,16-,18+,19+/m0/s1. The summed E-state index contributed by atoms with van der Waals surface area (Å²) in [6.07, 6.45) is 0.881. The Morgan fingerprint density at radius 1 is 1.21 bits per heavy atom. The number of fused-ring (bicyclic) bond motifs is 1. The summed E-state index contributed by atoms with van der Waals surface area (Å²) in [5.74, 6) is -0.144. The van der Waals surface area contributed by atoms with Gasteiger partial charge >= 0.3 is 6.09 Å². The van der Waals surface area contributed by atoms with Crippen molar-refractivity contribution in [1.29, 1.82) is 0 Å². The number of aliphatic hydroxyl groups excluding tert-OH is 2. The third kappa shape index (κ3) is 4.91. The quantitative estimate of drug-likeness (QED) is 0.533. The van der Waals surface area contributed by atoms with Crippen LogP contribution in [-0.2, 0) is 11.3 Å². The molecule has 0 unspecified atom stereocenters. The van der Waals surface area contributed by atoms with Crippen LogP contribution in [-0.4, -0.2) is 65.1 Å². The predicted octanol–water partition coefficient (Wildman–Crippen LogP) is 2.13. The van der Waals surface area contributed by atoms with Gasteiger partial charge < -0.3 is 30.2 Å². The smallest absolute Gasteiger partial charge is 0.410 e. The highest BCUT2D eigenvalue weighted by molar-refractivity contribution is 5.81. The van der Waals surface area contributed by atoms with E-state index in [4.69, 9.17) is 10.5 Å². The molecule has 176 valence electrons. The largest absolute Gasteiger partial charge is 0.444 e. The van der Waals surface area contributed by atoms with E-state index in [1.54, 1.807) is 9.47 Å². The zero-order chi connectivity index (χ0) is 23.8. The first-order valence-electron chi connectivity index (χ1n) is 10.9. The zero-order valence-corrected chi connectivity index (χ0v) is 19.0. The molecule has 0 aliphatic heterocycles. The van der Waals surface area contributed by atoms with Gasteiger partial charge in [0.25, 0.3) is 0 Å². The molecule has 2 heterocycles. The fourth-order valence-electron chi connectivity index (χ4n) is 4.33. The van der Waals surface area contributed by atoms with E-state index < -0.39 is 29.9 Å². The molecule has 3 aromatic rings. The van der Waals surface area contributed by atoms with Gasteiger partial charge in [0.1, 0.15) is 17.4 Å². The lowest BCUT2D eigenvalue weighted by Crippen LogP contribution is -2.41. The number of hydrogen-bond donors (Lipinski definition) is 3. The Morgan fingerprint density at radius 2 is 1.94 bits per heavy atom. The normalized spacial score (nSPS) is 23.1. The second-order valence-electron chi connectivity index (χ2n) is 9.47. The molecule has 4 atom stereocenters. The van der Waals surface area contributed by atoms with Gasteiger partial charge in [-0.05, 0) is 32.8 Å². The monoisotopic (exact) mass is 454 g/mol. The van der Waals surface area contributed by atoms with Crippen molar-refractivity contribution < 1.29 is 19.7 Å². The molecule has 1 amide bonds. The first-order valence-corrected chi connectivity index (χ1v) is 10.9. The third-order valence-electron chi connectivity index (χ3n) is 5.80. The van der Waals surface area contributed by atoms with E-state index in [-0.39, 0.29) is 18.3 Å². The molecule has 1 fully saturated rings. The maximum atomic E-state index is 13.0. The first kappa shape index (κ1) is 22.9. The lowest BCUT2D eigenvalue weighted by molar-refractivity contribution is 0.0122. The number of hydrogen-bond acceptors (Lipinski definition) is 8. The van der Waals surface area contributed by atoms with Crippen LogP contribution in [0.2, 0.25) is 0 Å². The van der Waals surface area contributed by atoms with Gasteiger partial charge in [-0.3, -0.25) is 0 Å². The van der Waals surface area contributed by atoms with Gasteiger partial charge in [0.15, 0.2) is 11.5 Å². The number of carbonyl (C=O) groups is 1. The van der Waals surface area contributed by atoms with Crippen molar-refractivity contribution in [3.8, 4) is 0 Å². The summed E-state index contributed by atoms with van der Waals surface area (Å²) in [6.45, 7) is 5.99. The summed E-state index contributed by atoms with van der Waals surface area (Å²) in [7, 11) is 0. The number of carbonyl (C=O) groups excluding carboxylic acids is 1. The summed E-state index contributed by atoms with van der Waals surface area (Å²) in [5.41, 5.74) is 7.03. The van der Waals surface area contributed by atoms with Crippen LogP contribution < -0.4 is 5.73 Å². The van der Waals surface area contributed by atoms with Crippen LogP contribution in [0.1, 0.15) is 38.8 Å². The van der Waals surface area contributed by atoms with Gasteiger partial charge in [0.2, 0.25) is 0 Å². The van der Waals surface area contributed by atoms with Gasteiger partial charge in [-0.15, -0.1) is 0 Å². The van der Waals surface area contributed by atoms with Crippen molar-refractivity contribution in [1.82, 2.24) is 24.4 Å². The average Bonchev–Trinajstić information content (AvgIpc) is 3.28. The van der Waals surface area contributed by atoms with E-state index in [1.165, 1.54) is 12.7 Å². The number of benzene rings is 1. The number of nitrogen functional groups attached to an aromatic ring is 1. The van der Waals surface area contributed by atoms with Crippen molar-refractivity contribution in [2.24, 2.45) is 5.92 Å². The van der Waals surface area contributed by atoms with Crippen LogP contribution in [0.5, 0.6) is 0 Å². The third-order valence-corrected chi connectivity index (χ3v) is 5.80. The maximum Gasteiger partial charge on any atom is 0.410 e. The fourth-order valence-corrected chi connectivity index (χ4v) is 4.33. The van der Waals surface area contributed by atoms with Gasteiger partial charge in [-0.1, -0.05) is 30.3 Å². The van der Waals surface area contributed by atoms with Crippen molar-refractivity contribution in [2.75, 3.05) is 12.3 Å². The summed E-state index contributed by atoms with van der Waals surface area (Å²) in [6, 6.07) is 8.92. The highest BCUT2D eigenvalue weighted by Gasteiger charge is 2.44. The van der Waals surface area contributed by atoms with E-state index in [0.717, 1.165) is 5.56 Å². The van der Waals surface area contributed by atoms with Crippen molar-refractivity contribution in [3.05, 3.63) is 48.5 Å². The van der Waals surface area contributed by atoms with E-state index in [1.807, 2.05) is 51.1 Å². The van der Waals surface area contributed by atoms with Crippen LogP contribution in [0.15, 0.2) is 43.0 Å². The Kier molecular flexibility index (Phi) is 6.22. The molecule has 33 heavy (non-hydrogen) atoms. The minimum atomic E-state index is -0.936. The van der Waals surface area contributed by atoms with Gasteiger partial charge in [-0.2, -0.15) is 0 Å². The van der Waals surface area contributed by atoms with E-state index in [0.29, 0.717) is 24.1 Å². The molecule has 1 saturated carbocycles. The number of nitrogens with zero attached hydrogens (tertiary/aromatic N) is 5. The molecule has 10 heteroatoms. The van der Waals surface area contributed by atoms with Crippen molar-refractivity contribution in [2.45, 2.75) is 57.6 Å². The molecular weight excluding hydrogens is 424 g/mol. The highest BCUT2D eigenvalue weighted by atomic mass is 16.6. The second-order valence-corrected chi connectivity index (χ2v) is 9.47. The van der Waals surface area contributed by atoms with Crippen LogP contribution in [0.3, 0.4) is 0 Å². The van der Waals surface area contributed by atoms with Gasteiger partial charge in [0.05, 0.1) is 24.6 Å². The topological polar surface area (TPSA) is 140 Å². The fraction of sp³-hybridized carbons (Fsp3) is 0.478. The van der Waals surface area contributed by atoms with Gasteiger partial charge in [-0.25, -0.2) is 19.7 Å². The van der Waals surface area contributed by atoms with E-state index >= 15 is 0 Å². The number of nitrogens with two attached hydrogens (primary N) is 1. The molecule has 4 rings (SSSR count). The Balaban J connectivity index is 1.57. The number of amides is 1. The lowest BCUT2D eigenvalue weighted by atomic mass is 10.0. The molecule has 0 radical (unpaired) electrons. The summed E-state index contributed by atoms with van der Waals surface area (Å²) < 4.78 is 7.25. The Hall–Kier alpha value is -3.24. The summed E-state index contributed by atoms with van der Waals surface area (Å²) in [4.78, 5) is 27.0. The van der Waals surface area contributed by atoms with Crippen LogP contribution in [0.25, 0.3) is 11.2 Å². The van der Waals surface area contributed by atoms with E-state index in [9.17, 15) is 15.0 Å². The molecule has 1 aromatic carbocycles. The number of ether oxygens (including phenoxy) is 1. The van der Waals surface area contributed by atoms with Crippen LogP contribution in [0.4, 0.5) is 10.6 Å². The molecule has 0 bridgehead atoms. The Labute approximate surface area is 192 Å². The van der Waals surface area contributed by atoms with Crippen LogP contribution >= 0.6 is 0 Å².